The second kappa shape index (κ2) is 8.91. The standard InChI is InChI=1S/C18H30N2O2/c1-5-12-20(14-18(22,6-2)7-3)13-17(21)19-16-11-9-8-10-15(16)4/h8-11,22H,5-7,12-14H2,1-4H3,(H,19,21). The van der Waals surface area contributed by atoms with Crippen molar-refractivity contribution in [1.82, 2.24) is 4.90 Å². The molecular weight excluding hydrogens is 276 g/mol. The number of hydrogen-bond acceptors (Lipinski definition) is 3. The van der Waals surface area contributed by atoms with E-state index in [-0.39, 0.29) is 5.91 Å². The quantitative estimate of drug-likeness (QED) is 0.736. The molecule has 0 atom stereocenters. The number of anilines is 1. The van der Waals surface area contributed by atoms with Crippen LogP contribution in [-0.2, 0) is 4.79 Å². The second-order valence-electron chi connectivity index (χ2n) is 6.01. The van der Waals surface area contributed by atoms with Gasteiger partial charge >= 0.3 is 0 Å². The predicted octanol–water partition coefficient (Wildman–Crippen LogP) is 3.20. The zero-order chi connectivity index (χ0) is 16.6. The van der Waals surface area contributed by atoms with Gasteiger partial charge in [-0.1, -0.05) is 39.0 Å². The van der Waals surface area contributed by atoms with Gasteiger partial charge in [-0.05, 0) is 44.4 Å². The third kappa shape index (κ3) is 5.78. The molecule has 1 aromatic carbocycles. The molecule has 1 amide bonds. The molecule has 124 valence electrons. The first-order valence-corrected chi connectivity index (χ1v) is 8.24. The number of hydrogen-bond donors (Lipinski definition) is 2. The molecule has 22 heavy (non-hydrogen) atoms. The monoisotopic (exact) mass is 306 g/mol. The van der Waals surface area contributed by atoms with Crippen molar-refractivity contribution < 1.29 is 9.90 Å². The summed E-state index contributed by atoms with van der Waals surface area (Å²) in [6, 6.07) is 7.76. The van der Waals surface area contributed by atoms with E-state index >= 15 is 0 Å². The first-order valence-electron chi connectivity index (χ1n) is 8.24. The van der Waals surface area contributed by atoms with Gasteiger partial charge in [-0.3, -0.25) is 9.69 Å². The fourth-order valence-electron chi connectivity index (χ4n) is 2.53. The molecule has 0 aliphatic rings. The maximum absolute atomic E-state index is 12.3. The van der Waals surface area contributed by atoms with Crippen molar-refractivity contribution in [2.24, 2.45) is 0 Å². The van der Waals surface area contributed by atoms with Crippen molar-refractivity contribution in [3.63, 3.8) is 0 Å². The fraction of sp³-hybridized carbons (Fsp3) is 0.611. The van der Waals surface area contributed by atoms with E-state index in [4.69, 9.17) is 0 Å². The van der Waals surface area contributed by atoms with Gasteiger partial charge in [0.2, 0.25) is 5.91 Å². The third-order valence-corrected chi connectivity index (χ3v) is 4.16. The minimum atomic E-state index is -0.710. The topological polar surface area (TPSA) is 52.6 Å². The van der Waals surface area contributed by atoms with Crippen LogP contribution in [0.2, 0.25) is 0 Å². The molecule has 0 aromatic heterocycles. The first kappa shape index (κ1) is 18.7. The Morgan fingerprint density at radius 3 is 2.41 bits per heavy atom. The molecule has 1 aromatic rings. The van der Waals surface area contributed by atoms with Crippen molar-refractivity contribution in [3.8, 4) is 0 Å². The Balaban J connectivity index is 2.66. The maximum Gasteiger partial charge on any atom is 0.238 e. The lowest BCUT2D eigenvalue weighted by Crippen LogP contribution is -2.45. The van der Waals surface area contributed by atoms with Crippen LogP contribution in [0.5, 0.6) is 0 Å². The van der Waals surface area contributed by atoms with E-state index in [9.17, 15) is 9.90 Å². The summed E-state index contributed by atoms with van der Waals surface area (Å²) >= 11 is 0. The lowest BCUT2D eigenvalue weighted by molar-refractivity contribution is -0.118. The highest BCUT2D eigenvalue weighted by molar-refractivity contribution is 5.92. The number of amides is 1. The number of nitrogens with zero attached hydrogens (tertiary/aromatic N) is 1. The molecule has 4 nitrogen and oxygen atoms in total. The molecule has 0 aliphatic carbocycles. The highest BCUT2D eigenvalue weighted by Crippen LogP contribution is 2.17. The summed E-state index contributed by atoms with van der Waals surface area (Å²) in [6.07, 6.45) is 2.35. The molecular formula is C18H30N2O2. The lowest BCUT2D eigenvalue weighted by atomic mass is 9.96. The summed E-state index contributed by atoms with van der Waals surface area (Å²) in [7, 11) is 0. The van der Waals surface area contributed by atoms with Crippen LogP contribution in [0, 0.1) is 6.92 Å². The van der Waals surface area contributed by atoms with Gasteiger partial charge in [0.05, 0.1) is 12.1 Å². The minimum absolute atomic E-state index is 0.0303. The van der Waals surface area contributed by atoms with Crippen molar-refractivity contribution in [3.05, 3.63) is 29.8 Å². The number of benzene rings is 1. The van der Waals surface area contributed by atoms with Crippen LogP contribution in [0.1, 0.15) is 45.6 Å². The van der Waals surface area contributed by atoms with Crippen LogP contribution < -0.4 is 5.32 Å². The molecule has 0 spiro atoms. The Hall–Kier alpha value is -1.39. The van der Waals surface area contributed by atoms with E-state index in [1.54, 1.807) is 0 Å². The minimum Gasteiger partial charge on any atom is -0.389 e. The first-order chi connectivity index (χ1) is 10.4. The molecule has 0 saturated carbocycles. The van der Waals surface area contributed by atoms with Gasteiger partial charge in [-0.25, -0.2) is 0 Å². The SMILES string of the molecule is CCCN(CC(=O)Nc1ccccc1C)CC(O)(CC)CC. The Labute approximate surface area is 134 Å². The molecule has 0 bridgehead atoms. The molecule has 0 radical (unpaired) electrons. The maximum atomic E-state index is 12.3. The predicted molar refractivity (Wildman–Crippen MR) is 92.1 cm³/mol. The largest absolute Gasteiger partial charge is 0.389 e. The molecule has 0 unspecified atom stereocenters. The van der Waals surface area contributed by atoms with Crippen LogP contribution >= 0.6 is 0 Å². The van der Waals surface area contributed by atoms with Gasteiger partial charge in [0.25, 0.3) is 0 Å². The van der Waals surface area contributed by atoms with E-state index in [2.05, 4.69) is 12.2 Å². The number of carbonyl (C=O) groups excluding carboxylic acids is 1. The lowest BCUT2D eigenvalue weighted by Gasteiger charge is -2.32. The summed E-state index contributed by atoms with van der Waals surface area (Å²) in [5.74, 6) is -0.0303. The second-order valence-corrected chi connectivity index (χ2v) is 6.01. The Bertz CT molecular complexity index is 470. The Morgan fingerprint density at radius 1 is 1.23 bits per heavy atom. The number of aliphatic hydroxyl groups is 1. The van der Waals surface area contributed by atoms with E-state index < -0.39 is 5.60 Å². The summed E-state index contributed by atoms with van der Waals surface area (Å²) in [4.78, 5) is 14.3. The molecule has 4 heteroatoms. The normalized spacial score (nSPS) is 11.7. The molecule has 1 rings (SSSR count). The Kier molecular flexibility index (Phi) is 7.56. The molecule has 2 N–H and O–H groups in total. The highest BCUT2D eigenvalue weighted by Gasteiger charge is 2.26. The van der Waals surface area contributed by atoms with Crippen LogP contribution in [-0.4, -0.2) is 41.1 Å². The van der Waals surface area contributed by atoms with E-state index in [1.807, 2.05) is 49.9 Å². The zero-order valence-corrected chi connectivity index (χ0v) is 14.4. The van der Waals surface area contributed by atoms with Gasteiger partial charge < -0.3 is 10.4 Å². The summed E-state index contributed by atoms with van der Waals surface area (Å²) < 4.78 is 0. The van der Waals surface area contributed by atoms with Crippen molar-refractivity contribution >= 4 is 11.6 Å². The van der Waals surface area contributed by atoms with Gasteiger partial charge in [0, 0.05) is 12.2 Å². The summed E-state index contributed by atoms with van der Waals surface area (Å²) in [6.45, 7) is 9.70. The van der Waals surface area contributed by atoms with Crippen molar-refractivity contribution in [2.45, 2.75) is 52.6 Å². The average Bonchev–Trinajstić information content (AvgIpc) is 2.49. The van der Waals surface area contributed by atoms with Crippen molar-refractivity contribution in [2.75, 3.05) is 25.0 Å². The molecule has 0 heterocycles. The number of para-hydroxylation sites is 1. The average molecular weight is 306 g/mol. The summed E-state index contributed by atoms with van der Waals surface area (Å²) in [5.41, 5.74) is 1.19. The number of aryl methyl sites for hydroxylation is 1. The van der Waals surface area contributed by atoms with Gasteiger partial charge in [0.1, 0.15) is 0 Å². The number of rotatable bonds is 9. The van der Waals surface area contributed by atoms with Crippen LogP contribution in [0.15, 0.2) is 24.3 Å². The van der Waals surface area contributed by atoms with E-state index in [0.717, 1.165) is 24.2 Å². The smallest absolute Gasteiger partial charge is 0.238 e. The van der Waals surface area contributed by atoms with Crippen LogP contribution in [0.3, 0.4) is 0 Å². The van der Waals surface area contributed by atoms with Crippen LogP contribution in [0.25, 0.3) is 0 Å². The van der Waals surface area contributed by atoms with Crippen LogP contribution in [0.4, 0.5) is 5.69 Å². The zero-order valence-electron chi connectivity index (χ0n) is 14.4. The summed E-state index contributed by atoms with van der Waals surface area (Å²) in [5, 5.41) is 13.5. The molecule has 0 saturated heterocycles. The van der Waals surface area contributed by atoms with Gasteiger partial charge in [0.15, 0.2) is 0 Å². The van der Waals surface area contributed by atoms with E-state index in [0.29, 0.717) is 25.9 Å². The van der Waals surface area contributed by atoms with Gasteiger partial charge in [-0.2, -0.15) is 0 Å². The Morgan fingerprint density at radius 2 is 1.86 bits per heavy atom. The number of nitrogens with one attached hydrogen (secondary N) is 1. The third-order valence-electron chi connectivity index (χ3n) is 4.16. The molecule has 0 fully saturated rings. The fourth-order valence-corrected chi connectivity index (χ4v) is 2.53. The van der Waals surface area contributed by atoms with Gasteiger partial charge in [-0.15, -0.1) is 0 Å². The highest BCUT2D eigenvalue weighted by atomic mass is 16.3. The molecule has 0 aliphatic heterocycles. The number of carbonyl (C=O) groups is 1. The van der Waals surface area contributed by atoms with E-state index in [1.165, 1.54) is 0 Å². The van der Waals surface area contributed by atoms with Crippen molar-refractivity contribution in [1.29, 1.82) is 0 Å².